The van der Waals surface area contributed by atoms with Crippen molar-refractivity contribution in [3.63, 3.8) is 0 Å². The van der Waals surface area contributed by atoms with Crippen LogP contribution in [0.3, 0.4) is 0 Å². The Balaban J connectivity index is 1.41. The highest BCUT2D eigenvalue weighted by atomic mass is 16.5. The van der Waals surface area contributed by atoms with Gasteiger partial charge in [-0.2, -0.15) is 0 Å². The lowest BCUT2D eigenvalue weighted by atomic mass is 10.1. The molecule has 2 aromatic carbocycles. The standard InChI is InChI=1S/C23H28N2O4/c1-28-20-9-3-18(4-10-20)7-13-22(26)24-15-16-25(17-24)23(27)14-8-19-5-11-21(29-2)12-6-19/h3-6,9-12H,7-8,13-17H2,1-2H3. The zero-order valence-electron chi connectivity index (χ0n) is 17.1. The first-order valence-corrected chi connectivity index (χ1v) is 9.90. The number of hydrogen-bond acceptors (Lipinski definition) is 4. The molecule has 0 bridgehead atoms. The fourth-order valence-corrected chi connectivity index (χ4v) is 3.40. The van der Waals surface area contributed by atoms with Crippen LogP contribution in [0.1, 0.15) is 24.0 Å². The highest BCUT2D eigenvalue weighted by molar-refractivity contribution is 5.80. The summed E-state index contributed by atoms with van der Waals surface area (Å²) in [5.41, 5.74) is 2.21. The van der Waals surface area contributed by atoms with E-state index in [1.54, 1.807) is 24.0 Å². The van der Waals surface area contributed by atoms with E-state index in [2.05, 4.69) is 0 Å². The van der Waals surface area contributed by atoms with Crippen molar-refractivity contribution in [2.45, 2.75) is 25.7 Å². The summed E-state index contributed by atoms with van der Waals surface area (Å²) in [6.45, 7) is 1.61. The first-order chi connectivity index (χ1) is 14.1. The Bertz CT molecular complexity index is 748. The summed E-state index contributed by atoms with van der Waals surface area (Å²) in [5.74, 6) is 1.80. The molecule has 1 fully saturated rings. The lowest BCUT2D eigenvalue weighted by molar-refractivity contribution is -0.134. The molecule has 0 spiro atoms. The quantitative estimate of drug-likeness (QED) is 0.688. The third kappa shape index (κ3) is 5.73. The number of aryl methyl sites for hydroxylation is 2. The lowest BCUT2D eigenvalue weighted by Gasteiger charge is -2.18. The van der Waals surface area contributed by atoms with Gasteiger partial charge in [-0.15, -0.1) is 0 Å². The smallest absolute Gasteiger partial charge is 0.224 e. The van der Waals surface area contributed by atoms with Crippen LogP contribution in [-0.2, 0) is 22.4 Å². The number of methoxy groups -OCH3 is 2. The van der Waals surface area contributed by atoms with Crippen molar-refractivity contribution < 1.29 is 19.1 Å². The molecule has 2 amide bonds. The van der Waals surface area contributed by atoms with Crippen LogP contribution in [-0.4, -0.2) is 55.6 Å². The first kappa shape index (κ1) is 20.7. The molecule has 1 saturated heterocycles. The maximum absolute atomic E-state index is 12.5. The number of hydrogen-bond donors (Lipinski definition) is 0. The maximum atomic E-state index is 12.5. The molecule has 0 atom stereocenters. The second-order valence-electron chi connectivity index (χ2n) is 7.15. The highest BCUT2D eigenvalue weighted by Crippen LogP contribution is 2.16. The number of rotatable bonds is 8. The topological polar surface area (TPSA) is 59.1 Å². The van der Waals surface area contributed by atoms with Gasteiger partial charge in [0.15, 0.2) is 0 Å². The Morgan fingerprint density at radius 2 is 1.10 bits per heavy atom. The summed E-state index contributed by atoms with van der Waals surface area (Å²) >= 11 is 0. The number of amides is 2. The molecule has 6 nitrogen and oxygen atoms in total. The van der Waals surface area contributed by atoms with Crippen LogP contribution in [0.2, 0.25) is 0 Å². The maximum Gasteiger partial charge on any atom is 0.224 e. The van der Waals surface area contributed by atoms with Crippen molar-refractivity contribution >= 4 is 11.8 Å². The van der Waals surface area contributed by atoms with E-state index in [9.17, 15) is 9.59 Å². The predicted molar refractivity (Wildman–Crippen MR) is 111 cm³/mol. The third-order valence-electron chi connectivity index (χ3n) is 5.26. The summed E-state index contributed by atoms with van der Waals surface area (Å²) < 4.78 is 10.3. The minimum atomic E-state index is 0.0891. The molecule has 6 heteroatoms. The number of benzene rings is 2. The van der Waals surface area contributed by atoms with Gasteiger partial charge in [-0.05, 0) is 48.2 Å². The van der Waals surface area contributed by atoms with Crippen molar-refractivity contribution in [3.8, 4) is 11.5 Å². The molecule has 3 rings (SSSR count). The monoisotopic (exact) mass is 396 g/mol. The molecule has 0 radical (unpaired) electrons. The normalized spacial score (nSPS) is 13.4. The van der Waals surface area contributed by atoms with Gasteiger partial charge in [0, 0.05) is 25.9 Å². The van der Waals surface area contributed by atoms with Crippen LogP contribution in [0.25, 0.3) is 0 Å². The molecule has 1 heterocycles. The molecular weight excluding hydrogens is 368 g/mol. The predicted octanol–water partition coefficient (Wildman–Crippen LogP) is 2.90. The fraction of sp³-hybridized carbons (Fsp3) is 0.391. The van der Waals surface area contributed by atoms with Gasteiger partial charge in [0.05, 0.1) is 20.9 Å². The molecule has 0 aromatic heterocycles. The van der Waals surface area contributed by atoms with Gasteiger partial charge in [-0.3, -0.25) is 9.59 Å². The Kier molecular flexibility index (Phi) is 7.11. The number of carbonyl (C=O) groups is 2. The van der Waals surface area contributed by atoms with Crippen LogP contribution in [0.15, 0.2) is 48.5 Å². The van der Waals surface area contributed by atoms with Crippen molar-refractivity contribution in [2.24, 2.45) is 0 Å². The van der Waals surface area contributed by atoms with Crippen molar-refractivity contribution in [3.05, 3.63) is 59.7 Å². The molecule has 0 unspecified atom stereocenters. The summed E-state index contributed by atoms with van der Waals surface area (Å²) in [5, 5.41) is 0. The molecule has 1 aliphatic heterocycles. The number of ether oxygens (including phenoxy) is 2. The Hall–Kier alpha value is -3.02. The summed E-state index contributed by atoms with van der Waals surface area (Å²) in [6, 6.07) is 15.5. The van der Waals surface area contributed by atoms with E-state index in [-0.39, 0.29) is 11.8 Å². The molecule has 0 N–H and O–H groups in total. The Morgan fingerprint density at radius 1 is 0.724 bits per heavy atom. The number of carbonyl (C=O) groups excluding carboxylic acids is 2. The van der Waals surface area contributed by atoms with Crippen molar-refractivity contribution in [1.82, 2.24) is 9.80 Å². The molecule has 0 aliphatic carbocycles. The molecule has 1 aliphatic rings. The van der Waals surface area contributed by atoms with E-state index in [4.69, 9.17) is 9.47 Å². The summed E-state index contributed by atoms with van der Waals surface area (Å²) in [4.78, 5) is 28.5. The summed E-state index contributed by atoms with van der Waals surface area (Å²) in [7, 11) is 3.27. The Morgan fingerprint density at radius 3 is 1.45 bits per heavy atom. The zero-order valence-corrected chi connectivity index (χ0v) is 17.1. The lowest BCUT2D eigenvalue weighted by Crippen LogP contribution is -2.34. The van der Waals surface area contributed by atoms with Gasteiger partial charge in [0.25, 0.3) is 0 Å². The van der Waals surface area contributed by atoms with Gasteiger partial charge >= 0.3 is 0 Å². The second kappa shape index (κ2) is 9.96. The average Bonchev–Trinajstić information content (AvgIpc) is 3.27. The van der Waals surface area contributed by atoms with E-state index in [0.717, 1.165) is 22.6 Å². The van der Waals surface area contributed by atoms with E-state index < -0.39 is 0 Å². The van der Waals surface area contributed by atoms with Gasteiger partial charge in [0.2, 0.25) is 11.8 Å². The minimum Gasteiger partial charge on any atom is -0.497 e. The van der Waals surface area contributed by atoms with E-state index in [1.165, 1.54) is 0 Å². The second-order valence-corrected chi connectivity index (χ2v) is 7.15. The molecule has 0 saturated carbocycles. The molecule has 154 valence electrons. The molecular formula is C23H28N2O4. The van der Waals surface area contributed by atoms with Crippen LogP contribution in [0, 0.1) is 0 Å². The fourth-order valence-electron chi connectivity index (χ4n) is 3.40. The van der Waals surface area contributed by atoms with Gasteiger partial charge in [-0.1, -0.05) is 24.3 Å². The van der Waals surface area contributed by atoms with Crippen LogP contribution in [0.5, 0.6) is 11.5 Å². The molecule has 29 heavy (non-hydrogen) atoms. The van der Waals surface area contributed by atoms with Crippen molar-refractivity contribution in [1.29, 1.82) is 0 Å². The van der Waals surface area contributed by atoms with Crippen LogP contribution < -0.4 is 9.47 Å². The van der Waals surface area contributed by atoms with Gasteiger partial charge in [-0.25, -0.2) is 0 Å². The van der Waals surface area contributed by atoms with Gasteiger partial charge < -0.3 is 19.3 Å². The number of nitrogens with zero attached hydrogens (tertiary/aromatic N) is 2. The van der Waals surface area contributed by atoms with Gasteiger partial charge in [0.1, 0.15) is 11.5 Å². The van der Waals surface area contributed by atoms with Crippen molar-refractivity contribution in [2.75, 3.05) is 34.0 Å². The van der Waals surface area contributed by atoms with Crippen LogP contribution in [0.4, 0.5) is 0 Å². The SMILES string of the molecule is COc1ccc(CCC(=O)N2CCN(C(=O)CCc3ccc(OC)cc3)C2)cc1. The Labute approximate surface area is 172 Å². The highest BCUT2D eigenvalue weighted by Gasteiger charge is 2.26. The van der Waals surface area contributed by atoms with E-state index in [1.807, 2.05) is 48.5 Å². The van der Waals surface area contributed by atoms with Crippen LogP contribution >= 0.6 is 0 Å². The first-order valence-electron chi connectivity index (χ1n) is 9.90. The summed E-state index contributed by atoms with van der Waals surface area (Å²) in [6.07, 6.45) is 2.26. The molecule has 2 aromatic rings. The average molecular weight is 396 g/mol. The zero-order chi connectivity index (χ0) is 20.6. The van der Waals surface area contributed by atoms with E-state index in [0.29, 0.717) is 45.4 Å². The minimum absolute atomic E-state index is 0.0891. The largest absolute Gasteiger partial charge is 0.497 e. The third-order valence-corrected chi connectivity index (χ3v) is 5.26. The van der Waals surface area contributed by atoms with E-state index >= 15 is 0 Å².